The van der Waals surface area contributed by atoms with Crippen molar-refractivity contribution in [2.75, 3.05) is 6.61 Å². The molecular formula is C13H11N3O5. The van der Waals surface area contributed by atoms with Crippen LogP contribution >= 0.6 is 0 Å². The zero-order chi connectivity index (χ0) is 15.2. The van der Waals surface area contributed by atoms with E-state index in [1.165, 1.54) is 18.2 Å². The van der Waals surface area contributed by atoms with E-state index in [1.54, 1.807) is 25.1 Å². The molecule has 0 fully saturated rings. The molecule has 0 saturated carbocycles. The first-order chi connectivity index (χ1) is 10.1. The number of hydrogen-bond acceptors (Lipinski definition) is 7. The molecule has 108 valence electrons. The van der Waals surface area contributed by atoms with Gasteiger partial charge in [0.25, 0.3) is 17.4 Å². The fourth-order valence-corrected chi connectivity index (χ4v) is 1.46. The number of carbonyl (C=O) groups is 1. The Labute approximate surface area is 119 Å². The van der Waals surface area contributed by atoms with Crippen molar-refractivity contribution < 1.29 is 19.0 Å². The van der Waals surface area contributed by atoms with Crippen molar-refractivity contribution in [3.8, 4) is 0 Å². The van der Waals surface area contributed by atoms with Crippen LogP contribution in [0.25, 0.3) is 12.2 Å². The molecule has 21 heavy (non-hydrogen) atoms. The minimum Gasteiger partial charge on any atom is -0.460 e. The van der Waals surface area contributed by atoms with Gasteiger partial charge in [-0.15, -0.1) is 0 Å². The summed E-state index contributed by atoms with van der Waals surface area (Å²) in [6.45, 7) is 1.90. The SMILES string of the molecule is CCOC(=O)c1noc(C=Cc2ccc([N+](=O)[O-])cc2)n1. The van der Waals surface area contributed by atoms with Gasteiger partial charge in [-0.1, -0.05) is 0 Å². The van der Waals surface area contributed by atoms with E-state index in [4.69, 9.17) is 9.26 Å². The van der Waals surface area contributed by atoms with E-state index in [0.29, 0.717) is 0 Å². The van der Waals surface area contributed by atoms with Crippen LogP contribution < -0.4 is 0 Å². The standard InChI is InChI=1S/C13H11N3O5/c1-2-20-13(17)12-14-11(21-15-12)8-5-9-3-6-10(7-4-9)16(18)19/h3-8H,2H2,1H3. The molecule has 1 aromatic heterocycles. The summed E-state index contributed by atoms with van der Waals surface area (Å²) < 4.78 is 9.59. The number of nitro benzene ring substituents is 1. The third kappa shape index (κ3) is 3.72. The average Bonchev–Trinajstić information content (AvgIpc) is 2.95. The lowest BCUT2D eigenvalue weighted by Crippen LogP contribution is -2.06. The van der Waals surface area contributed by atoms with Gasteiger partial charge in [0.2, 0.25) is 0 Å². The van der Waals surface area contributed by atoms with Crippen LogP contribution in [0.3, 0.4) is 0 Å². The highest BCUT2D eigenvalue weighted by Crippen LogP contribution is 2.14. The molecule has 0 amide bonds. The van der Waals surface area contributed by atoms with Crippen molar-refractivity contribution in [3.05, 3.63) is 51.7 Å². The fourth-order valence-electron chi connectivity index (χ4n) is 1.46. The van der Waals surface area contributed by atoms with Gasteiger partial charge in [0.1, 0.15) is 0 Å². The summed E-state index contributed by atoms with van der Waals surface area (Å²) in [4.78, 5) is 25.2. The van der Waals surface area contributed by atoms with Crippen molar-refractivity contribution in [1.29, 1.82) is 0 Å². The third-order valence-corrected chi connectivity index (χ3v) is 2.42. The minimum absolute atomic E-state index is 0.00883. The van der Waals surface area contributed by atoms with E-state index < -0.39 is 10.9 Å². The second kappa shape index (κ2) is 6.42. The van der Waals surface area contributed by atoms with Gasteiger partial charge in [-0.25, -0.2) is 4.79 Å². The molecule has 0 atom stereocenters. The number of ether oxygens (including phenoxy) is 1. The van der Waals surface area contributed by atoms with Gasteiger partial charge in [-0.05, 0) is 35.9 Å². The average molecular weight is 289 g/mol. The van der Waals surface area contributed by atoms with Crippen LogP contribution in [0, 0.1) is 10.1 Å². The highest BCUT2D eigenvalue weighted by molar-refractivity contribution is 5.85. The number of nitrogens with zero attached hydrogens (tertiary/aromatic N) is 3. The van der Waals surface area contributed by atoms with Crippen molar-refractivity contribution >= 4 is 23.8 Å². The lowest BCUT2D eigenvalue weighted by atomic mass is 10.2. The largest absolute Gasteiger partial charge is 0.460 e. The molecular weight excluding hydrogens is 278 g/mol. The first-order valence-corrected chi connectivity index (χ1v) is 6.03. The van der Waals surface area contributed by atoms with E-state index in [-0.39, 0.29) is 24.0 Å². The van der Waals surface area contributed by atoms with Gasteiger partial charge >= 0.3 is 5.97 Å². The summed E-state index contributed by atoms with van der Waals surface area (Å²) in [6.07, 6.45) is 3.13. The maximum absolute atomic E-state index is 11.3. The Morgan fingerprint density at radius 2 is 2.10 bits per heavy atom. The molecule has 0 saturated heterocycles. The molecule has 0 aliphatic rings. The Kier molecular flexibility index (Phi) is 4.39. The van der Waals surface area contributed by atoms with Crippen molar-refractivity contribution in [3.63, 3.8) is 0 Å². The summed E-state index contributed by atoms with van der Waals surface area (Å²) in [5.74, 6) is -0.673. The minimum atomic E-state index is -0.656. The van der Waals surface area contributed by atoms with Gasteiger partial charge < -0.3 is 9.26 Å². The Hall–Kier alpha value is -3.03. The molecule has 0 aliphatic heterocycles. The number of carbonyl (C=O) groups excluding carboxylic acids is 1. The number of nitro groups is 1. The monoisotopic (exact) mass is 289 g/mol. The molecule has 1 heterocycles. The third-order valence-electron chi connectivity index (χ3n) is 2.42. The first-order valence-electron chi connectivity index (χ1n) is 6.03. The lowest BCUT2D eigenvalue weighted by Gasteiger charge is -1.93. The Bertz CT molecular complexity index is 675. The molecule has 0 N–H and O–H groups in total. The van der Waals surface area contributed by atoms with Crippen LogP contribution in [0.4, 0.5) is 5.69 Å². The van der Waals surface area contributed by atoms with Gasteiger partial charge in [0.15, 0.2) is 0 Å². The predicted molar refractivity (Wildman–Crippen MR) is 72.3 cm³/mol. The van der Waals surface area contributed by atoms with Crippen LogP contribution in [0.2, 0.25) is 0 Å². The van der Waals surface area contributed by atoms with Gasteiger partial charge in [0.05, 0.1) is 11.5 Å². The molecule has 0 spiro atoms. The number of non-ortho nitro benzene ring substituents is 1. The summed E-state index contributed by atoms with van der Waals surface area (Å²) in [5, 5.41) is 14.0. The number of benzene rings is 1. The molecule has 2 rings (SSSR count). The normalized spacial score (nSPS) is 10.7. The second-order valence-electron chi connectivity index (χ2n) is 3.86. The second-order valence-corrected chi connectivity index (χ2v) is 3.86. The van der Waals surface area contributed by atoms with E-state index >= 15 is 0 Å². The summed E-state index contributed by atoms with van der Waals surface area (Å²) >= 11 is 0. The maximum atomic E-state index is 11.3. The van der Waals surface area contributed by atoms with Crippen LogP contribution in [0.1, 0.15) is 29.0 Å². The summed E-state index contributed by atoms with van der Waals surface area (Å²) in [5.41, 5.74) is 0.728. The van der Waals surface area contributed by atoms with Gasteiger partial charge in [0, 0.05) is 18.2 Å². The Balaban J connectivity index is 2.07. The molecule has 8 nitrogen and oxygen atoms in total. The smallest absolute Gasteiger partial charge is 0.379 e. The van der Waals surface area contributed by atoms with Crippen molar-refractivity contribution in [1.82, 2.24) is 10.1 Å². The fraction of sp³-hybridized carbons (Fsp3) is 0.154. The highest BCUT2D eigenvalue weighted by atomic mass is 16.6. The first kappa shape index (κ1) is 14.4. The quantitative estimate of drug-likeness (QED) is 0.472. The predicted octanol–water partition coefficient (Wildman–Crippen LogP) is 2.32. The van der Waals surface area contributed by atoms with Gasteiger partial charge in [-0.3, -0.25) is 10.1 Å². The molecule has 8 heteroatoms. The number of esters is 1. The Morgan fingerprint density at radius 1 is 1.38 bits per heavy atom. The number of aromatic nitrogens is 2. The van der Waals surface area contributed by atoms with Crippen LogP contribution in [0.15, 0.2) is 28.8 Å². The summed E-state index contributed by atoms with van der Waals surface area (Å²) in [7, 11) is 0. The van der Waals surface area contributed by atoms with Crippen LogP contribution in [-0.2, 0) is 4.74 Å². The maximum Gasteiger partial charge on any atom is 0.379 e. The summed E-state index contributed by atoms with van der Waals surface area (Å²) in [6, 6.07) is 5.93. The van der Waals surface area contributed by atoms with E-state index in [9.17, 15) is 14.9 Å². The topological polar surface area (TPSA) is 108 Å². The molecule has 2 aromatic rings. The number of rotatable bonds is 5. The molecule has 0 unspecified atom stereocenters. The molecule has 1 aromatic carbocycles. The van der Waals surface area contributed by atoms with Gasteiger partial charge in [-0.2, -0.15) is 4.98 Å². The van der Waals surface area contributed by atoms with E-state index in [1.807, 2.05) is 0 Å². The van der Waals surface area contributed by atoms with Crippen molar-refractivity contribution in [2.45, 2.75) is 6.92 Å². The molecule has 0 bridgehead atoms. The molecule has 0 aliphatic carbocycles. The van der Waals surface area contributed by atoms with Crippen LogP contribution in [-0.4, -0.2) is 27.6 Å². The number of hydrogen-bond donors (Lipinski definition) is 0. The molecule has 0 radical (unpaired) electrons. The van der Waals surface area contributed by atoms with Crippen molar-refractivity contribution in [2.24, 2.45) is 0 Å². The van der Waals surface area contributed by atoms with E-state index in [0.717, 1.165) is 5.56 Å². The highest BCUT2D eigenvalue weighted by Gasteiger charge is 2.14. The zero-order valence-corrected chi connectivity index (χ0v) is 11.1. The lowest BCUT2D eigenvalue weighted by molar-refractivity contribution is -0.384. The Morgan fingerprint density at radius 3 is 2.71 bits per heavy atom. The van der Waals surface area contributed by atoms with E-state index in [2.05, 4.69) is 10.1 Å². The van der Waals surface area contributed by atoms with Crippen LogP contribution in [0.5, 0.6) is 0 Å². The zero-order valence-electron chi connectivity index (χ0n) is 11.1.